The molecule has 3 rings (SSSR count). The van der Waals surface area contributed by atoms with Gasteiger partial charge in [-0.3, -0.25) is 14.9 Å². The topological polar surface area (TPSA) is 93.8 Å². The summed E-state index contributed by atoms with van der Waals surface area (Å²) >= 11 is 4.30. The Labute approximate surface area is 210 Å². The fraction of sp³-hybridized carbons (Fsp3) is 0.0909. The van der Waals surface area contributed by atoms with E-state index in [0.29, 0.717) is 11.3 Å². The van der Waals surface area contributed by atoms with E-state index in [1.54, 1.807) is 24.3 Å². The van der Waals surface area contributed by atoms with E-state index in [9.17, 15) is 19.3 Å². The molecule has 0 fully saturated rings. The lowest BCUT2D eigenvalue weighted by Crippen LogP contribution is -2.19. The second kappa shape index (κ2) is 11.3. The van der Waals surface area contributed by atoms with Gasteiger partial charge in [-0.05, 0) is 98.3 Å². The zero-order chi connectivity index (χ0) is 23.1. The summed E-state index contributed by atoms with van der Waals surface area (Å²) in [5.74, 6) is 0.0407. The normalized spacial score (nSPS) is 10.8. The number of nitrogens with one attached hydrogen (secondary N) is 1. The lowest BCUT2D eigenvalue weighted by atomic mass is 10.1. The summed E-state index contributed by atoms with van der Waals surface area (Å²) in [6, 6.07) is 15.7. The molecule has 0 aliphatic carbocycles. The predicted octanol–water partition coefficient (Wildman–Crippen LogP) is 5.21. The van der Waals surface area contributed by atoms with Crippen LogP contribution in [0.15, 0.2) is 65.8 Å². The summed E-state index contributed by atoms with van der Waals surface area (Å²) in [6.45, 7) is 0.275. The van der Waals surface area contributed by atoms with Crippen LogP contribution in [0.3, 0.4) is 0 Å². The molecule has 0 aromatic heterocycles. The molecule has 164 valence electrons. The molecule has 0 heterocycles. The minimum absolute atomic E-state index is 0.0336. The van der Waals surface area contributed by atoms with Gasteiger partial charge in [-0.2, -0.15) is 5.10 Å². The van der Waals surface area contributed by atoms with Crippen LogP contribution in [0.2, 0.25) is 0 Å². The van der Waals surface area contributed by atoms with Crippen molar-refractivity contribution in [3.8, 4) is 5.75 Å². The van der Waals surface area contributed by atoms with Crippen molar-refractivity contribution in [1.29, 1.82) is 0 Å². The molecule has 0 spiro atoms. The van der Waals surface area contributed by atoms with Gasteiger partial charge >= 0.3 is 0 Å². The van der Waals surface area contributed by atoms with Crippen molar-refractivity contribution in [2.24, 2.45) is 5.10 Å². The summed E-state index contributed by atoms with van der Waals surface area (Å²) in [7, 11) is 0. The third-order valence-corrected chi connectivity index (χ3v) is 5.83. The molecule has 3 aromatic rings. The molecule has 0 saturated heterocycles. The zero-order valence-electron chi connectivity index (χ0n) is 16.4. The summed E-state index contributed by atoms with van der Waals surface area (Å²) in [4.78, 5) is 22.3. The molecule has 0 bridgehead atoms. The highest BCUT2D eigenvalue weighted by Crippen LogP contribution is 2.29. The fourth-order valence-corrected chi connectivity index (χ4v) is 4.79. The highest BCUT2D eigenvalue weighted by atomic mass is 127. The lowest BCUT2D eigenvalue weighted by Gasteiger charge is -2.11. The molecular formula is C22H16FI2N3O4. The maximum absolute atomic E-state index is 12.9. The first kappa shape index (κ1) is 24.0. The Morgan fingerprint density at radius 1 is 1.06 bits per heavy atom. The van der Waals surface area contributed by atoms with Gasteiger partial charge in [0.25, 0.3) is 5.69 Å². The van der Waals surface area contributed by atoms with Crippen molar-refractivity contribution in [3.63, 3.8) is 0 Å². The average Bonchev–Trinajstić information content (AvgIpc) is 2.75. The molecular weight excluding hydrogens is 643 g/mol. The van der Waals surface area contributed by atoms with Gasteiger partial charge in [0.05, 0.1) is 24.7 Å². The average molecular weight is 659 g/mol. The Morgan fingerprint density at radius 2 is 1.66 bits per heavy atom. The largest absolute Gasteiger partial charge is 0.487 e. The standard InChI is InChI=1S/C22H16FI2N3O4/c23-17-5-1-14(2-6-17)11-21(29)27-26-12-16-9-19(24)22(20(25)10-16)32-13-15-3-7-18(8-4-15)28(30)31/h1-10,12H,11,13H2,(H,27,29)/b26-12+. The van der Waals surface area contributed by atoms with E-state index in [0.717, 1.165) is 18.3 Å². The molecule has 0 saturated carbocycles. The number of benzene rings is 3. The van der Waals surface area contributed by atoms with Crippen LogP contribution in [0.5, 0.6) is 5.75 Å². The first-order chi connectivity index (χ1) is 15.3. The molecule has 1 amide bonds. The van der Waals surface area contributed by atoms with Gasteiger partial charge in [0, 0.05) is 12.1 Å². The number of hydrogen-bond acceptors (Lipinski definition) is 5. The second-order valence-corrected chi connectivity index (χ2v) is 8.95. The van der Waals surface area contributed by atoms with Crippen LogP contribution in [0.1, 0.15) is 16.7 Å². The number of carbonyl (C=O) groups is 1. The number of rotatable bonds is 8. The van der Waals surface area contributed by atoms with E-state index < -0.39 is 4.92 Å². The highest BCUT2D eigenvalue weighted by Gasteiger charge is 2.10. The maximum Gasteiger partial charge on any atom is 0.269 e. The minimum atomic E-state index is -0.442. The van der Waals surface area contributed by atoms with Gasteiger partial charge in [0.1, 0.15) is 18.2 Å². The summed E-state index contributed by atoms with van der Waals surface area (Å²) in [5, 5.41) is 14.7. The Bertz CT molecular complexity index is 1130. The number of ether oxygens (including phenoxy) is 1. The third kappa shape index (κ3) is 6.95. The van der Waals surface area contributed by atoms with Crippen LogP contribution < -0.4 is 10.2 Å². The second-order valence-electron chi connectivity index (χ2n) is 6.62. The monoisotopic (exact) mass is 659 g/mol. The van der Waals surface area contributed by atoms with Gasteiger partial charge in [-0.15, -0.1) is 0 Å². The molecule has 7 nitrogen and oxygen atoms in total. The number of nitrogens with zero attached hydrogens (tertiary/aromatic N) is 2. The van der Waals surface area contributed by atoms with Crippen LogP contribution in [0.4, 0.5) is 10.1 Å². The molecule has 0 aliphatic rings. The number of hydrazone groups is 1. The molecule has 3 aromatic carbocycles. The quantitative estimate of drug-likeness (QED) is 0.156. The molecule has 0 aliphatic heterocycles. The molecule has 10 heteroatoms. The number of nitro groups is 1. The van der Waals surface area contributed by atoms with Gasteiger partial charge < -0.3 is 4.74 Å². The SMILES string of the molecule is O=C(Cc1ccc(F)cc1)N/N=C/c1cc(I)c(OCc2ccc([N+](=O)[O-])cc2)c(I)c1. The first-order valence-corrected chi connectivity index (χ1v) is 11.4. The molecule has 0 radical (unpaired) electrons. The number of non-ortho nitro benzene ring substituents is 1. The summed E-state index contributed by atoms with van der Waals surface area (Å²) in [5.41, 5.74) is 4.78. The minimum Gasteiger partial charge on any atom is -0.487 e. The van der Waals surface area contributed by atoms with Crippen molar-refractivity contribution in [2.75, 3.05) is 0 Å². The van der Waals surface area contributed by atoms with E-state index in [1.807, 2.05) is 12.1 Å². The number of amides is 1. The van der Waals surface area contributed by atoms with E-state index in [-0.39, 0.29) is 30.4 Å². The van der Waals surface area contributed by atoms with Crippen LogP contribution in [0, 0.1) is 23.1 Å². The molecule has 0 atom stereocenters. The van der Waals surface area contributed by atoms with Crippen molar-refractivity contribution in [2.45, 2.75) is 13.0 Å². The van der Waals surface area contributed by atoms with Gasteiger partial charge in [-0.25, -0.2) is 9.82 Å². The van der Waals surface area contributed by atoms with Gasteiger partial charge in [-0.1, -0.05) is 12.1 Å². The van der Waals surface area contributed by atoms with Crippen LogP contribution in [-0.2, 0) is 17.8 Å². The number of hydrogen-bond donors (Lipinski definition) is 1. The number of nitro benzene ring substituents is 1. The van der Waals surface area contributed by atoms with E-state index in [1.165, 1.54) is 30.5 Å². The molecule has 1 N–H and O–H groups in total. The summed E-state index contributed by atoms with van der Waals surface area (Å²) in [6.07, 6.45) is 1.63. The Kier molecular flexibility index (Phi) is 8.50. The molecule has 0 unspecified atom stereocenters. The predicted molar refractivity (Wildman–Crippen MR) is 135 cm³/mol. The summed E-state index contributed by atoms with van der Waals surface area (Å²) < 4.78 is 20.5. The first-order valence-electron chi connectivity index (χ1n) is 9.23. The van der Waals surface area contributed by atoms with Crippen LogP contribution in [0.25, 0.3) is 0 Å². The van der Waals surface area contributed by atoms with Gasteiger partial charge in [0.15, 0.2) is 0 Å². The number of carbonyl (C=O) groups excluding carboxylic acids is 1. The van der Waals surface area contributed by atoms with Crippen LogP contribution >= 0.6 is 45.2 Å². The van der Waals surface area contributed by atoms with Crippen molar-refractivity contribution >= 4 is 63.0 Å². The van der Waals surface area contributed by atoms with Crippen LogP contribution in [-0.4, -0.2) is 17.0 Å². The fourth-order valence-electron chi connectivity index (χ4n) is 2.67. The zero-order valence-corrected chi connectivity index (χ0v) is 20.7. The number of halogens is 3. The molecule has 32 heavy (non-hydrogen) atoms. The Morgan fingerprint density at radius 3 is 2.25 bits per heavy atom. The van der Waals surface area contributed by atoms with Gasteiger partial charge in [0.2, 0.25) is 5.91 Å². The third-order valence-electron chi connectivity index (χ3n) is 4.23. The van der Waals surface area contributed by atoms with Crippen molar-refractivity contribution in [1.82, 2.24) is 5.43 Å². The highest BCUT2D eigenvalue weighted by molar-refractivity contribution is 14.1. The van der Waals surface area contributed by atoms with E-state index in [4.69, 9.17) is 4.74 Å². The smallest absolute Gasteiger partial charge is 0.269 e. The maximum atomic E-state index is 12.9. The van der Waals surface area contributed by atoms with E-state index >= 15 is 0 Å². The Balaban J connectivity index is 1.57. The van der Waals surface area contributed by atoms with Crippen molar-refractivity contribution in [3.05, 3.63) is 100 Å². The van der Waals surface area contributed by atoms with Crippen molar-refractivity contribution < 1.29 is 18.8 Å². The van der Waals surface area contributed by atoms with E-state index in [2.05, 4.69) is 55.7 Å². The Hall–Kier alpha value is -2.61. The lowest BCUT2D eigenvalue weighted by molar-refractivity contribution is -0.384.